The number of benzene rings is 1. The molecule has 0 aliphatic carbocycles. The van der Waals surface area contributed by atoms with E-state index < -0.39 is 23.9 Å². The van der Waals surface area contributed by atoms with Crippen LogP contribution in [0, 0.1) is 0 Å². The number of fused-ring (bicyclic) bond motifs is 1. The predicted octanol–water partition coefficient (Wildman–Crippen LogP) is 4.02. The molecule has 0 spiro atoms. The Balaban J connectivity index is 1.64. The monoisotopic (exact) mass is 477 g/mol. The van der Waals surface area contributed by atoms with E-state index in [1.807, 2.05) is 44.2 Å². The number of carbonyl (C=O) groups excluding carboxylic acids is 3. The summed E-state index contributed by atoms with van der Waals surface area (Å²) in [4.78, 5) is 42.0. The Morgan fingerprint density at radius 2 is 1.82 bits per heavy atom. The Labute approximate surface area is 199 Å². The zero-order valence-corrected chi connectivity index (χ0v) is 19.6. The highest BCUT2D eigenvalue weighted by Crippen LogP contribution is 2.27. The average Bonchev–Trinajstić information content (AvgIpc) is 3.46. The van der Waals surface area contributed by atoms with Gasteiger partial charge in [-0.2, -0.15) is 5.10 Å². The van der Waals surface area contributed by atoms with E-state index in [1.54, 1.807) is 22.3 Å². The smallest absolute Gasteiger partial charge is 0.339 e. The lowest BCUT2D eigenvalue weighted by atomic mass is 10.1. The van der Waals surface area contributed by atoms with E-state index in [0.29, 0.717) is 21.7 Å². The SMILES string of the molecule is CC(OC(=O)c1cc(-c2ccccc2)nc2c1cnn2C(C)C)C(=O)Nc1sccc1C(N)=O. The van der Waals surface area contributed by atoms with Crippen LogP contribution in [0.25, 0.3) is 22.3 Å². The highest BCUT2D eigenvalue weighted by Gasteiger charge is 2.25. The van der Waals surface area contributed by atoms with E-state index in [1.165, 1.54) is 13.0 Å². The van der Waals surface area contributed by atoms with Crippen molar-refractivity contribution in [2.24, 2.45) is 5.73 Å². The lowest BCUT2D eigenvalue weighted by Gasteiger charge is -2.15. The van der Waals surface area contributed by atoms with Gasteiger partial charge in [0.1, 0.15) is 5.00 Å². The number of esters is 1. The third kappa shape index (κ3) is 4.53. The summed E-state index contributed by atoms with van der Waals surface area (Å²) in [5.41, 5.74) is 7.74. The van der Waals surface area contributed by atoms with Gasteiger partial charge in [-0.25, -0.2) is 14.5 Å². The number of ether oxygens (including phenoxy) is 1. The van der Waals surface area contributed by atoms with Crippen LogP contribution >= 0.6 is 11.3 Å². The zero-order valence-electron chi connectivity index (χ0n) is 18.8. The number of primary amides is 1. The average molecular weight is 478 g/mol. The molecule has 0 aliphatic rings. The summed E-state index contributed by atoms with van der Waals surface area (Å²) in [6.07, 6.45) is 0.447. The quantitative estimate of drug-likeness (QED) is 0.387. The number of rotatable bonds is 7. The molecule has 0 saturated carbocycles. The molecule has 10 heteroatoms. The third-order valence-electron chi connectivity index (χ3n) is 5.17. The molecule has 174 valence electrons. The van der Waals surface area contributed by atoms with E-state index in [0.717, 1.165) is 16.9 Å². The summed E-state index contributed by atoms with van der Waals surface area (Å²) in [7, 11) is 0. The number of anilines is 1. The summed E-state index contributed by atoms with van der Waals surface area (Å²) >= 11 is 1.15. The maximum atomic E-state index is 13.2. The Morgan fingerprint density at radius 1 is 1.09 bits per heavy atom. The Kier molecular flexibility index (Phi) is 6.42. The van der Waals surface area contributed by atoms with Crippen molar-refractivity contribution < 1.29 is 19.1 Å². The first-order valence-electron chi connectivity index (χ1n) is 10.6. The second-order valence-corrected chi connectivity index (χ2v) is 8.82. The molecule has 2 amide bonds. The minimum atomic E-state index is -1.13. The van der Waals surface area contributed by atoms with Crippen LogP contribution < -0.4 is 11.1 Å². The van der Waals surface area contributed by atoms with Gasteiger partial charge in [-0.05, 0) is 38.3 Å². The summed E-state index contributed by atoms with van der Waals surface area (Å²) in [5, 5.41) is 9.45. The van der Waals surface area contributed by atoms with Crippen LogP contribution in [0.2, 0.25) is 0 Å². The van der Waals surface area contributed by atoms with Gasteiger partial charge in [0.25, 0.3) is 11.8 Å². The largest absolute Gasteiger partial charge is 0.449 e. The number of nitrogens with one attached hydrogen (secondary N) is 1. The second kappa shape index (κ2) is 9.44. The maximum absolute atomic E-state index is 13.2. The van der Waals surface area contributed by atoms with Crippen LogP contribution in [0.15, 0.2) is 54.0 Å². The number of aromatic nitrogens is 3. The topological polar surface area (TPSA) is 129 Å². The van der Waals surface area contributed by atoms with E-state index in [2.05, 4.69) is 10.4 Å². The molecular weight excluding hydrogens is 454 g/mol. The molecule has 1 aromatic carbocycles. The van der Waals surface area contributed by atoms with Gasteiger partial charge >= 0.3 is 5.97 Å². The molecule has 34 heavy (non-hydrogen) atoms. The standard InChI is InChI=1S/C24H23N5O4S/c1-13(2)29-21-18(12-26-29)17(11-19(27-21)15-7-5-4-6-8-15)24(32)33-14(3)22(31)28-23-16(20(25)30)9-10-34-23/h4-14H,1-3H3,(H2,25,30)(H,28,31). The van der Waals surface area contributed by atoms with Crippen LogP contribution in [0.3, 0.4) is 0 Å². The van der Waals surface area contributed by atoms with E-state index in [-0.39, 0.29) is 17.2 Å². The molecule has 0 fully saturated rings. The van der Waals surface area contributed by atoms with Crippen molar-refractivity contribution in [3.63, 3.8) is 0 Å². The van der Waals surface area contributed by atoms with Crippen molar-refractivity contribution in [2.75, 3.05) is 5.32 Å². The second-order valence-electron chi connectivity index (χ2n) is 7.91. The van der Waals surface area contributed by atoms with Crippen molar-refractivity contribution in [3.05, 3.63) is 65.2 Å². The van der Waals surface area contributed by atoms with Gasteiger partial charge in [-0.3, -0.25) is 9.59 Å². The van der Waals surface area contributed by atoms with E-state index >= 15 is 0 Å². The van der Waals surface area contributed by atoms with E-state index in [4.69, 9.17) is 15.5 Å². The lowest BCUT2D eigenvalue weighted by molar-refractivity contribution is -0.123. The number of hydrogen-bond donors (Lipinski definition) is 2. The summed E-state index contributed by atoms with van der Waals surface area (Å²) in [6.45, 7) is 5.40. The first-order valence-corrected chi connectivity index (χ1v) is 11.5. The van der Waals surface area contributed by atoms with Crippen LogP contribution in [0.4, 0.5) is 5.00 Å². The third-order valence-corrected chi connectivity index (χ3v) is 6.00. The number of amides is 2. The van der Waals surface area contributed by atoms with Crippen LogP contribution in [0.1, 0.15) is 47.5 Å². The molecule has 3 heterocycles. The minimum absolute atomic E-state index is 0.0230. The molecule has 3 aromatic heterocycles. The van der Waals surface area contributed by atoms with Crippen LogP contribution in [0.5, 0.6) is 0 Å². The van der Waals surface area contributed by atoms with Gasteiger partial charge in [0.15, 0.2) is 11.8 Å². The highest BCUT2D eigenvalue weighted by molar-refractivity contribution is 7.14. The molecule has 4 aromatic rings. The molecule has 0 radical (unpaired) electrons. The number of carbonyl (C=O) groups is 3. The van der Waals surface area contributed by atoms with Crippen molar-refractivity contribution in [2.45, 2.75) is 32.9 Å². The Morgan fingerprint density at radius 3 is 2.50 bits per heavy atom. The molecule has 0 aliphatic heterocycles. The minimum Gasteiger partial charge on any atom is -0.449 e. The molecule has 0 saturated heterocycles. The maximum Gasteiger partial charge on any atom is 0.339 e. The molecule has 1 unspecified atom stereocenters. The number of nitrogens with two attached hydrogens (primary N) is 1. The lowest BCUT2D eigenvalue weighted by Crippen LogP contribution is -2.30. The highest BCUT2D eigenvalue weighted by atomic mass is 32.1. The molecule has 3 N–H and O–H groups in total. The normalized spacial score (nSPS) is 12.0. The predicted molar refractivity (Wildman–Crippen MR) is 130 cm³/mol. The van der Waals surface area contributed by atoms with E-state index in [9.17, 15) is 14.4 Å². The van der Waals surface area contributed by atoms with Crippen molar-refractivity contribution in [1.29, 1.82) is 0 Å². The fraction of sp³-hybridized carbons (Fsp3) is 0.208. The fourth-order valence-corrected chi connectivity index (χ4v) is 4.21. The Hall–Kier alpha value is -4.05. The summed E-state index contributed by atoms with van der Waals surface area (Å²) < 4.78 is 7.22. The zero-order chi connectivity index (χ0) is 24.4. The molecular formula is C24H23N5O4S. The van der Waals surface area contributed by atoms with Gasteiger partial charge in [0.05, 0.1) is 28.4 Å². The van der Waals surface area contributed by atoms with Gasteiger partial charge in [0.2, 0.25) is 0 Å². The molecule has 1 atom stereocenters. The summed E-state index contributed by atoms with van der Waals surface area (Å²) in [5.74, 6) is -1.92. The van der Waals surface area contributed by atoms with Crippen molar-refractivity contribution in [1.82, 2.24) is 14.8 Å². The van der Waals surface area contributed by atoms with Crippen LogP contribution in [-0.4, -0.2) is 38.7 Å². The van der Waals surface area contributed by atoms with Crippen molar-refractivity contribution in [3.8, 4) is 11.3 Å². The number of pyridine rings is 1. The number of hydrogen-bond acceptors (Lipinski definition) is 7. The molecule has 4 rings (SSSR count). The van der Waals surface area contributed by atoms with Gasteiger partial charge in [-0.15, -0.1) is 11.3 Å². The first kappa shape index (κ1) is 23.1. The molecule has 9 nitrogen and oxygen atoms in total. The summed E-state index contributed by atoms with van der Waals surface area (Å²) in [6, 6.07) is 12.6. The molecule has 0 bridgehead atoms. The first-order chi connectivity index (χ1) is 16.3. The van der Waals surface area contributed by atoms with Crippen molar-refractivity contribution >= 4 is 45.2 Å². The van der Waals surface area contributed by atoms with Gasteiger partial charge in [0, 0.05) is 11.6 Å². The number of thiophene rings is 1. The fourth-order valence-electron chi connectivity index (χ4n) is 3.41. The Bertz CT molecular complexity index is 1380. The van der Waals surface area contributed by atoms with Gasteiger partial charge in [-0.1, -0.05) is 30.3 Å². The van der Waals surface area contributed by atoms with Crippen LogP contribution in [-0.2, 0) is 9.53 Å². The van der Waals surface area contributed by atoms with Gasteiger partial charge < -0.3 is 15.8 Å². The number of nitrogens with zero attached hydrogens (tertiary/aromatic N) is 3.